The number of aliphatic hydroxyl groups is 2. The molecule has 322 valence electrons. The molecule has 13 nitrogen and oxygen atoms in total. The lowest BCUT2D eigenvalue weighted by atomic mass is 9.55. The third kappa shape index (κ3) is 9.37. The number of nitrogens with zero attached hydrogens (tertiary/aromatic N) is 2. The van der Waals surface area contributed by atoms with Gasteiger partial charge in [-0.05, 0) is 104 Å². The third-order valence-corrected chi connectivity index (χ3v) is 13.6. The quantitative estimate of drug-likeness (QED) is 0.0419. The van der Waals surface area contributed by atoms with Crippen LogP contribution in [0.15, 0.2) is 101 Å². The average molecular weight is 844 g/mol. The summed E-state index contributed by atoms with van der Waals surface area (Å²) in [6, 6.07) is 17.7. The predicted octanol–water partition coefficient (Wildman–Crippen LogP) is 7.61. The van der Waals surface area contributed by atoms with Gasteiger partial charge >= 0.3 is 0 Å². The van der Waals surface area contributed by atoms with Gasteiger partial charge in [-0.3, -0.25) is 9.59 Å². The number of carbonyl (C=O) groups is 2. The molecule has 2 aliphatic carbocycles. The van der Waals surface area contributed by atoms with E-state index in [1.807, 2.05) is 19.1 Å². The molecule has 3 aromatic carbocycles. The van der Waals surface area contributed by atoms with E-state index in [9.17, 15) is 19.8 Å². The predicted molar refractivity (Wildman–Crippen MR) is 229 cm³/mol. The lowest BCUT2D eigenvalue weighted by Crippen LogP contribution is -2.70. The monoisotopic (exact) mass is 843 g/mol. The minimum atomic E-state index is -4.24. The van der Waals surface area contributed by atoms with Crippen molar-refractivity contribution >= 4 is 33.6 Å². The molecule has 0 spiro atoms. The Labute approximate surface area is 353 Å². The van der Waals surface area contributed by atoms with Crippen molar-refractivity contribution in [2.24, 2.45) is 22.9 Å². The molecule has 1 heterocycles. The molecule has 0 aromatic heterocycles. The van der Waals surface area contributed by atoms with Gasteiger partial charge in [0.15, 0.2) is 0 Å². The number of rotatable bonds is 21. The van der Waals surface area contributed by atoms with Crippen molar-refractivity contribution in [2.45, 2.75) is 87.9 Å². The van der Waals surface area contributed by atoms with Gasteiger partial charge in [0.1, 0.15) is 30.6 Å². The molecule has 14 heteroatoms. The first kappa shape index (κ1) is 44.7. The molecule has 3 N–H and O–H groups in total. The fraction of sp³-hybridized carbons (Fsp3) is 0.457. The van der Waals surface area contributed by atoms with Crippen LogP contribution < -0.4 is 14.8 Å². The molecule has 6 atom stereocenters. The maximum atomic E-state index is 15.0. The van der Waals surface area contributed by atoms with E-state index in [2.05, 4.69) is 23.1 Å². The van der Waals surface area contributed by atoms with Crippen molar-refractivity contribution < 1.29 is 47.3 Å². The van der Waals surface area contributed by atoms with Crippen LogP contribution in [0.25, 0.3) is 0 Å². The van der Waals surface area contributed by atoms with Crippen LogP contribution in [0.1, 0.15) is 87.1 Å². The minimum Gasteiger partial charge on any atom is -0.460 e. The number of oxime groups is 1. The fourth-order valence-electron chi connectivity index (χ4n) is 9.30. The molecular formula is C46H57N3O10S. The summed E-state index contributed by atoms with van der Waals surface area (Å²) < 4.78 is 52.1. The van der Waals surface area contributed by atoms with Crippen molar-refractivity contribution in [3.8, 4) is 17.2 Å². The molecule has 0 bridgehead atoms. The molecule has 1 amide bonds. The van der Waals surface area contributed by atoms with Crippen molar-refractivity contribution in [1.29, 1.82) is 0 Å². The van der Waals surface area contributed by atoms with Crippen LogP contribution in [0.3, 0.4) is 0 Å². The summed E-state index contributed by atoms with van der Waals surface area (Å²) in [5, 5.41) is 27.0. The standard InChI is InChI=1S/C46H57N3O10S/c1-5-22-49(60(54,55)37-19-16-34(17-20-37)47-31(3)53)43-29-41(48-56-4)39-27-33(13-7-9-23-50)38(15-8-10-24-51)44-40-28-36(58-35-14-11-12-32(26-35)30-52)18-21-42(40)59-46(43,45(39)44)57-25-6-2/h6,11-12,14,16-21,26-28,30,33,38,43-45,50-51H,2,5,7-10,13,15,22-25,29H2,1,3-4H3,(H,47,53)/t33-,38+,43-,44+,45+,46+/m0/s1. The second-order valence-corrected chi connectivity index (χ2v) is 17.5. The Kier molecular flexibility index (Phi) is 15.0. The normalized spacial score (nSPS) is 23.8. The Morgan fingerprint density at radius 2 is 1.77 bits per heavy atom. The Hall–Kier alpha value is -4.86. The zero-order valence-corrected chi connectivity index (χ0v) is 35.4. The largest absolute Gasteiger partial charge is 0.460 e. The van der Waals surface area contributed by atoms with Gasteiger partial charge in [0, 0.05) is 55.8 Å². The topological polar surface area (TPSA) is 173 Å². The van der Waals surface area contributed by atoms with Gasteiger partial charge in [-0.15, -0.1) is 6.58 Å². The summed E-state index contributed by atoms with van der Waals surface area (Å²) in [4.78, 5) is 28.9. The molecule has 0 unspecified atom stereocenters. The molecule has 0 saturated heterocycles. The van der Waals surface area contributed by atoms with E-state index in [0.717, 1.165) is 43.1 Å². The molecule has 3 aromatic rings. The second-order valence-electron chi connectivity index (χ2n) is 15.6. The van der Waals surface area contributed by atoms with Gasteiger partial charge in [0.25, 0.3) is 0 Å². The summed E-state index contributed by atoms with van der Waals surface area (Å²) in [6.07, 6.45) is 9.48. The number of fused-ring (bicyclic) bond motifs is 2. The number of anilines is 1. The van der Waals surface area contributed by atoms with Crippen LogP contribution >= 0.6 is 0 Å². The van der Waals surface area contributed by atoms with Gasteiger partial charge in [0.05, 0.1) is 29.2 Å². The highest BCUT2D eigenvalue weighted by atomic mass is 32.2. The van der Waals surface area contributed by atoms with E-state index in [4.69, 9.17) is 19.0 Å². The van der Waals surface area contributed by atoms with Crippen LogP contribution in [0.5, 0.6) is 17.2 Å². The molecule has 3 aliphatic rings. The highest BCUT2D eigenvalue weighted by molar-refractivity contribution is 7.89. The third-order valence-electron chi connectivity index (χ3n) is 11.6. The molecule has 1 fully saturated rings. The van der Waals surface area contributed by atoms with Crippen LogP contribution in [-0.4, -0.2) is 86.1 Å². The maximum Gasteiger partial charge on any atom is 0.243 e. The SMILES string of the molecule is C=CCO[C@@]12Oc3ccc(Oc4cccc(C=O)c4)cc3[C@H]3[C@H](CCCCO)[C@@H](CCCCO)C=C(C(=NOC)C[C@@H]1N(CCC)S(=O)(=O)c1ccc(NC(C)=O)cc1)[C@H]32. The minimum absolute atomic E-state index is 0.0135. The second kappa shape index (κ2) is 20.1. The number of hydrogen-bond donors (Lipinski definition) is 3. The van der Waals surface area contributed by atoms with E-state index in [-0.39, 0.29) is 61.3 Å². The zero-order chi connectivity index (χ0) is 42.9. The van der Waals surface area contributed by atoms with Crippen LogP contribution in [0, 0.1) is 17.8 Å². The van der Waals surface area contributed by atoms with Crippen LogP contribution in [0.2, 0.25) is 0 Å². The zero-order valence-electron chi connectivity index (χ0n) is 34.6. The number of amides is 1. The van der Waals surface area contributed by atoms with E-state index < -0.39 is 27.8 Å². The van der Waals surface area contributed by atoms with Crippen molar-refractivity contribution in [3.63, 3.8) is 0 Å². The number of hydrogen-bond acceptors (Lipinski definition) is 11. The van der Waals surface area contributed by atoms with Gasteiger partial charge < -0.3 is 34.6 Å². The summed E-state index contributed by atoms with van der Waals surface area (Å²) in [7, 11) is -2.77. The lowest BCUT2D eigenvalue weighted by Gasteiger charge is -2.59. The Bertz CT molecular complexity index is 2160. The Morgan fingerprint density at radius 3 is 2.43 bits per heavy atom. The molecule has 0 radical (unpaired) electrons. The summed E-state index contributed by atoms with van der Waals surface area (Å²) >= 11 is 0. The van der Waals surface area contributed by atoms with Gasteiger partial charge in [-0.1, -0.05) is 49.2 Å². The van der Waals surface area contributed by atoms with Gasteiger partial charge in [-0.2, -0.15) is 4.31 Å². The Morgan fingerprint density at radius 1 is 1.03 bits per heavy atom. The highest BCUT2D eigenvalue weighted by Crippen LogP contribution is 2.62. The number of carbonyl (C=O) groups excluding carboxylic acids is 2. The summed E-state index contributed by atoms with van der Waals surface area (Å²) in [5.74, 6) is -1.28. The van der Waals surface area contributed by atoms with Gasteiger partial charge in [0.2, 0.25) is 21.7 Å². The highest BCUT2D eigenvalue weighted by Gasteiger charge is 2.66. The lowest BCUT2D eigenvalue weighted by molar-refractivity contribution is -0.251. The first-order valence-corrected chi connectivity index (χ1v) is 22.2. The smallest absolute Gasteiger partial charge is 0.243 e. The molecule has 60 heavy (non-hydrogen) atoms. The number of aliphatic hydroxyl groups excluding tert-OH is 2. The molecule has 6 rings (SSSR count). The summed E-state index contributed by atoms with van der Waals surface area (Å²) in [5.41, 5.74) is 3.22. The van der Waals surface area contributed by atoms with E-state index in [1.54, 1.807) is 48.5 Å². The first-order valence-electron chi connectivity index (χ1n) is 20.8. The van der Waals surface area contributed by atoms with Crippen LogP contribution in [-0.2, 0) is 24.4 Å². The molecule has 1 aliphatic heterocycles. The van der Waals surface area contributed by atoms with Crippen molar-refractivity contribution in [3.05, 3.63) is 102 Å². The van der Waals surface area contributed by atoms with Gasteiger partial charge in [-0.25, -0.2) is 8.42 Å². The van der Waals surface area contributed by atoms with Crippen LogP contribution in [0.4, 0.5) is 5.69 Å². The number of unbranched alkanes of at least 4 members (excludes halogenated alkanes) is 2. The van der Waals surface area contributed by atoms with Crippen molar-refractivity contribution in [2.75, 3.05) is 38.8 Å². The number of sulfonamides is 1. The first-order chi connectivity index (χ1) is 29.0. The van der Waals surface area contributed by atoms with Crippen molar-refractivity contribution in [1.82, 2.24) is 4.31 Å². The number of ether oxygens (including phenoxy) is 3. The number of allylic oxidation sites excluding steroid dienone is 1. The van der Waals surface area contributed by atoms with E-state index in [1.165, 1.54) is 30.5 Å². The van der Waals surface area contributed by atoms with E-state index >= 15 is 8.42 Å². The Balaban J connectivity index is 1.59. The summed E-state index contributed by atoms with van der Waals surface area (Å²) in [6.45, 7) is 7.57. The average Bonchev–Trinajstić information content (AvgIpc) is 3.24. The maximum absolute atomic E-state index is 15.0. The fourth-order valence-corrected chi connectivity index (χ4v) is 11.0. The number of nitrogens with one attached hydrogen (secondary N) is 1. The number of benzene rings is 3. The molecular weight excluding hydrogens is 787 g/mol. The molecule has 1 saturated carbocycles. The van der Waals surface area contributed by atoms with E-state index in [0.29, 0.717) is 53.5 Å². The number of aldehydes is 1.